The summed E-state index contributed by atoms with van der Waals surface area (Å²) >= 11 is 5.90. The van der Waals surface area contributed by atoms with Crippen molar-refractivity contribution < 1.29 is 9.84 Å². The zero-order chi connectivity index (χ0) is 15.2. The van der Waals surface area contributed by atoms with Gasteiger partial charge in [0.2, 0.25) is 0 Å². The van der Waals surface area contributed by atoms with Gasteiger partial charge >= 0.3 is 0 Å². The average molecular weight is 312 g/mol. The first-order chi connectivity index (χ1) is 10.1. The molecule has 1 fully saturated rings. The van der Waals surface area contributed by atoms with Crippen LogP contribution in [0.1, 0.15) is 33.1 Å². The van der Waals surface area contributed by atoms with Crippen molar-refractivity contribution >= 4 is 11.6 Å². The van der Waals surface area contributed by atoms with Crippen molar-refractivity contribution in [2.45, 2.75) is 45.3 Å². The summed E-state index contributed by atoms with van der Waals surface area (Å²) in [5.41, 5.74) is 0. The number of aliphatic hydroxyl groups is 1. The lowest BCUT2D eigenvalue weighted by Gasteiger charge is -2.22. The molecule has 2 N–H and O–H groups in total. The van der Waals surface area contributed by atoms with Crippen LogP contribution in [0.2, 0.25) is 5.02 Å². The molecule has 0 heterocycles. The zero-order valence-corrected chi connectivity index (χ0v) is 13.6. The molecule has 1 aliphatic carbocycles. The molecule has 0 aliphatic heterocycles. The van der Waals surface area contributed by atoms with Gasteiger partial charge in [0.25, 0.3) is 0 Å². The van der Waals surface area contributed by atoms with Crippen LogP contribution in [-0.2, 0) is 0 Å². The van der Waals surface area contributed by atoms with E-state index in [9.17, 15) is 5.11 Å². The van der Waals surface area contributed by atoms with Gasteiger partial charge in [-0.25, -0.2) is 0 Å². The number of halogens is 1. The fourth-order valence-electron chi connectivity index (χ4n) is 3.21. The van der Waals surface area contributed by atoms with Gasteiger partial charge in [-0.05, 0) is 42.9 Å². The van der Waals surface area contributed by atoms with E-state index in [2.05, 4.69) is 19.2 Å². The van der Waals surface area contributed by atoms with Crippen LogP contribution >= 0.6 is 11.6 Å². The van der Waals surface area contributed by atoms with Crippen molar-refractivity contribution in [3.8, 4) is 5.75 Å². The third-order valence-corrected chi connectivity index (χ3v) is 4.84. The Morgan fingerprint density at radius 2 is 2.24 bits per heavy atom. The average Bonchev–Trinajstić information content (AvgIpc) is 2.83. The summed E-state index contributed by atoms with van der Waals surface area (Å²) in [6.45, 7) is 5.43. The van der Waals surface area contributed by atoms with Crippen molar-refractivity contribution in [2.75, 3.05) is 13.2 Å². The summed E-state index contributed by atoms with van der Waals surface area (Å²) in [6, 6.07) is 7.77. The van der Waals surface area contributed by atoms with Crippen LogP contribution in [0, 0.1) is 11.8 Å². The van der Waals surface area contributed by atoms with Crippen LogP contribution in [0.5, 0.6) is 5.75 Å². The van der Waals surface area contributed by atoms with Crippen LogP contribution in [0.15, 0.2) is 24.3 Å². The molecule has 1 aromatic carbocycles. The van der Waals surface area contributed by atoms with E-state index in [0.717, 1.165) is 5.92 Å². The molecule has 4 atom stereocenters. The molecule has 0 amide bonds. The van der Waals surface area contributed by atoms with E-state index in [1.54, 1.807) is 12.1 Å². The Morgan fingerprint density at radius 3 is 2.90 bits per heavy atom. The maximum atomic E-state index is 10.0. The first kappa shape index (κ1) is 16.6. The van der Waals surface area contributed by atoms with E-state index in [-0.39, 0.29) is 6.61 Å². The van der Waals surface area contributed by atoms with E-state index >= 15 is 0 Å². The van der Waals surface area contributed by atoms with Crippen molar-refractivity contribution in [3.05, 3.63) is 29.3 Å². The summed E-state index contributed by atoms with van der Waals surface area (Å²) in [4.78, 5) is 0. The first-order valence-corrected chi connectivity index (χ1v) is 8.27. The highest BCUT2D eigenvalue weighted by Crippen LogP contribution is 2.33. The third kappa shape index (κ3) is 4.87. The Balaban J connectivity index is 1.69. The fraction of sp³-hybridized carbons (Fsp3) is 0.647. The number of rotatable bonds is 7. The lowest BCUT2D eigenvalue weighted by atomic mass is 9.93. The predicted molar refractivity (Wildman–Crippen MR) is 86.9 cm³/mol. The molecular weight excluding hydrogens is 286 g/mol. The predicted octanol–water partition coefficient (Wildman–Crippen LogP) is 3.49. The maximum absolute atomic E-state index is 10.0. The molecule has 1 aromatic rings. The van der Waals surface area contributed by atoms with Crippen molar-refractivity contribution in [1.29, 1.82) is 0 Å². The van der Waals surface area contributed by atoms with Gasteiger partial charge in [0, 0.05) is 17.6 Å². The van der Waals surface area contributed by atoms with Crippen LogP contribution in [0.3, 0.4) is 0 Å². The minimum Gasteiger partial charge on any atom is -0.491 e. The molecule has 0 bridgehead atoms. The summed E-state index contributed by atoms with van der Waals surface area (Å²) in [5, 5.41) is 14.2. The Hall–Kier alpha value is -0.770. The molecule has 4 unspecified atom stereocenters. The number of nitrogens with one attached hydrogen (secondary N) is 1. The lowest BCUT2D eigenvalue weighted by molar-refractivity contribution is 0.102. The van der Waals surface area contributed by atoms with E-state index < -0.39 is 6.10 Å². The molecule has 0 aromatic heterocycles. The highest BCUT2D eigenvalue weighted by molar-refractivity contribution is 6.30. The first-order valence-electron chi connectivity index (χ1n) is 7.90. The fourth-order valence-corrected chi connectivity index (χ4v) is 3.39. The van der Waals surface area contributed by atoms with Crippen molar-refractivity contribution in [3.63, 3.8) is 0 Å². The van der Waals surface area contributed by atoms with Gasteiger partial charge in [-0.15, -0.1) is 0 Å². The summed E-state index contributed by atoms with van der Waals surface area (Å²) in [5.74, 6) is 2.21. The van der Waals surface area contributed by atoms with E-state index in [1.165, 1.54) is 19.3 Å². The number of ether oxygens (including phenoxy) is 1. The Kier molecular flexibility index (Phi) is 6.34. The highest BCUT2D eigenvalue weighted by Gasteiger charge is 2.31. The zero-order valence-electron chi connectivity index (χ0n) is 12.9. The molecule has 3 nitrogen and oxygen atoms in total. The summed E-state index contributed by atoms with van der Waals surface area (Å²) in [7, 11) is 0. The van der Waals surface area contributed by atoms with Crippen LogP contribution in [0.4, 0.5) is 0 Å². The molecule has 118 valence electrons. The van der Waals surface area contributed by atoms with Crippen LogP contribution in [-0.4, -0.2) is 30.4 Å². The van der Waals surface area contributed by atoms with Gasteiger partial charge in [0.1, 0.15) is 18.5 Å². The second kappa shape index (κ2) is 8.02. The van der Waals surface area contributed by atoms with E-state index in [1.807, 2.05) is 12.1 Å². The molecule has 1 aliphatic rings. The normalized spacial score (nSPS) is 26.8. The highest BCUT2D eigenvalue weighted by atomic mass is 35.5. The van der Waals surface area contributed by atoms with Crippen molar-refractivity contribution in [2.24, 2.45) is 11.8 Å². The summed E-state index contributed by atoms with van der Waals surface area (Å²) in [6.07, 6.45) is 3.25. The topological polar surface area (TPSA) is 41.5 Å². The van der Waals surface area contributed by atoms with Gasteiger partial charge in [0.05, 0.1) is 0 Å². The summed E-state index contributed by atoms with van der Waals surface area (Å²) < 4.78 is 5.56. The molecule has 1 saturated carbocycles. The molecule has 0 saturated heterocycles. The Morgan fingerprint density at radius 1 is 1.43 bits per heavy atom. The Bertz CT molecular complexity index is 441. The van der Waals surface area contributed by atoms with Crippen molar-refractivity contribution in [1.82, 2.24) is 5.32 Å². The second-order valence-electron chi connectivity index (χ2n) is 6.04. The maximum Gasteiger partial charge on any atom is 0.120 e. The van der Waals surface area contributed by atoms with Gasteiger partial charge in [-0.2, -0.15) is 0 Å². The number of aliphatic hydroxyl groups excluding tert-OH is 1. The third-order valence-electron chi connectivity index (χ3n) is 4.61. The molecule has 0 spiro atoms. The second-order valence-corrected chi connectivity index (χ2v) is 6.48. The van der Waals surface area contributed by atoms with Crippen LogP contribution < -0.4 is 10.1 Å². The quantitative estimate of drug-likeness (QED) is 0.810. The monoisotopic (exact) mass is 311 g/mol. The molecule has 4 heteroatoms. The molecule has 2 rings (SSSR count). The van der Waals surface area contributed by atoms with Gasteiger partial charge in [0.15, 0.2) is 0 Å². The number of benzene rings is 1. The smallest absolute Gasteiger partial charge is 0.120 e. The number of hydrogen-bond donors (Lipinski definition) is 2. The molecule has 21 heavy (non-hydrogen) atoms. The molecule has 0 radical (unpaired) electrons. The van der Waals surface area contributed by atoms with Gasteiger partial charge < -0.3 is 15.2 Å². The number of hydrogen-bond acceptors (Lipinski definition) is 3. The standard InChI is InChI=1S/C17H26ClNO2/c1-3-13-7-8-17(12(13)2)19-10-15(20)11-21-16-6-4-5-14(18)9-16/h4-6,9,12-13,15,17,19-20H,3,7-8,10-11H2,1-2H3. The SMILES string of the molecule is CCC1CCC(NCC(O)COc2cccc(Cl)c2)C1C. The van der Waals surface area contributed by atoms with Gasteiger partial charge in [-0.1, -0.05) is 37.9 Å². The van der Waals surface area contributed by atoms with E-state index in [4.69, 9.17) is 16.3 Å². The lowest BCUT2D eigenvalue weighted by Crippen LogP contribution is -2.39. The molecular formula is C17H26ClNO2. The van der Waals surface area contributed by atoms with Gasteiger partial charge in [-0.3, -0.25) is 0 Å². The largest absolute Gasteiger partial charge is 0.491 e. The minimum absolute atomic E-state index is 0.283. The van der Waals surface area contributed by atoms with E-state index in [0.29, 0.717) is 29.3 Å². The minimum atomic E-state index is -0.503. The Labute approximate surface area is 132 Å². The van der Waals surface area contributed by atoms with Crippen LogP contribution in [0.25, 0.3) is 0 Å².